The molecule has 90 valence electrons. The molecule has 0 aliphatic heterocycles. The summed E-state index contributed by atoms with van der Waals surface area (Å²) in [6.45, 7) is 10.0. The van der Waals surface area contributed by atoms with Crippen molar-refractivity contribution < 1.29 is 0 Å². The summed E-state index contributed by atoms with van der Waals surface area (Å²) in [5.74, 6) is 1.87. The van der Waals surface area contributed by atoms with E-state index in [-0.39, 0.29) is 5.54 Å². The van der Waals surface area contributed by atoms with Crippen molar-refractivity contribution in [3.8, 4) is 0 Å². The minimum Gasteiger partial charge on any atom is -0.312 e. The fourth-order valence-electron chi connectivity index (χ4n) is 1.29. The molecule has 0 aliphatic rings. The van der Waals surface area contributed by atoms with Crippen LogP contribution in [-0.4, -0.2) is 17.8 Å². The van der Waals surface area contributed by atoms with Crippen molar-refractivity contribution in [3.63, 3.8) is 0 Å². The van der Waals surface area contributed by atoms with Gasteiger partial charge in [0.15, 0.2) is 0 Å². The lowest BCUT2D eigenvalue weighted by molar-refractivity contribution is 0.395. The first kappa shape index (κ1) is 13.6. The zero-order valence-electron chi connectivity index (χ0n) is 10.8. The molecule has 1 N–H and O–H groups in total. The molecule has 0 amide bonds. The van der Waals surface area contributed by atoms with E-state index in [1.165, 1.54) is 10.6 Å². The molecule has 0 saturated heterocycles. The van der Waals surface area contributed by atoms with Gasteiger partial charge in [0.05, 0.1) is 0 Å². The molecular weight excluding hydrogens is 214 g/mol. The number of nitrogens with one attached hydrogen (secondary N) is 1. The highest BCUT2D eigenvalue weighted by Gasteiger charge is 2.11. The fourth-order valence-corrected chi connectivity index (χ4v) is 2.24. The Kier molecular flexibility index (Phi) is 5.36. The minimum absolute atomic E-state index is 0.228. The van der Waals surface area contributed by atoms with Crippen LogP contribution in [0.25, 0.3) is 0 Å². The maximum atomic E-state index is 3.54. The first-order chi connectivity index (χ1) is 7.47. The zero-order chi connectivity index (χ0) is 12.0. The van der Waals surface area contributed by atoms with Gasteiger partial charge in [0.25, 0.3) is 0 Å². The number of hydrogen-bond acceptors (Lipinski definition) is 2. The Morgan fingerprint density at radius 1 is 1.19 bits per heavy atom. The maximum Gasteiger partial charge on any atom is 0.00966 e. The van der Waals surface area contributed by atoms with Gasteiger partial charge in [0, 0.05) is 16.2 Å². The lowest BCUT2D eigenvalue weighted by Crippen LogP contribution is -2.39. The zero-order valence-corrected chi connectivity index (χ0v) is 11.6. The number of rotatable bonds is 5. The van der Waals surface area contributed by atoms with Crippen molar-refractivity contribution in [3.05, 3.63) is 30.3 Å². The van der Waals surface area contributed by atoms with Crippen LogP contribution in [0, 0.1) is 5.92 Å². The Bertz CT molecular complexity index is 289. The molecule has 1 rings (SSSR count). The van der Waals surface area contributed by atoms with Crippen molar-refractivity contribution in [2.24, 2.45) is 5.92 Å². The summed E-state index contributed by atoms with van der Waals surface area (Å²) in [7, 11) is 0. The van der Waals surface area contributed by atoms with Crippen LogP contribution in [-0.2, 0) is 0 Å². The van der Waals surface area contributed by atoms with E-state index >= 15 is 0 Å². The summed E-state index contributed by atoms with van der Waals surface area (Å²) < 4.78 is 0. The van der Waals surface area contributed by atoms with Crippen molar-refractivity contribution >= 4 is 11.8 Å². The van der Waals surface area contributed by atoms with Crippen LogP contribution < -0.4 is 5.32 Å². The predicted octanol–water partition coefficient (Wildman–Crippen LogP) is 3.80. The second kappa shape index (κ2) is 6.31. The molecular formula is C14H23NS. The summed E-state index contributed by atoms with van der Waals surface area (Å²) in [6.07, 6.45) is 0. The van der Waals surface area contributed by atoms with Gasteiger partial charge >= 0.3 is 0 Å². The van der Waals surface area contributed by atoms with Crippen LogP contribution >= 0.6 is 11.8 Å². The Balaban J connectivity index is 2.23. The third kappa shape index (κ3) is 6.19. The van der Waals surface area contributed by atoms with Gasteiger partial charge in [-0.25, -0.2) is 0 Å². The van der Waals surface area contributed by atoms with Crippen LogP contribution in [0.5, 0.6) is 0 Å². The molecule has 16 heavy (non-hydrogen) atoms. The highest BCUT2D eigenvalue weighted by atomic mass is 32.2. The van der Waals surface area contributed by atoms with Crippen molar-refractivity contribution in [2.75, 3.05) is 12.3 Å². The number of thioether (sulfide) groups is 1. The molecule has 0 spiro atoms. The van der Waals surface area contributed by atoms with Crippen LogP contribution in [0.4, 0.5) is 0 Å². The molecule has 1 aromatic rings. The normalized spacial score (nSPS) is 13.8. The summed E-state index contributed by atoms with van der Waals surface area (Å²) >= 11 is 1.94. The molecule has 0 heterocycles. The molecule has 0 fully saturated rings. The first-order valence-corrected chi connectivity index (χ1v) is 6.89. The standard InChI is InChI=1S/C14H23NS/c1-12(10-15-14(2,3)4)11-16-13-8-6-5-7-9-13/h5-9,12,15H,10-11H2,1-4H3. The average molecular weight is 237 g/mol. The Labute approximate surface area is 104 Å². The quantitative estimate of drug-likeness (QED) is 0.782. The molecule has 0 aliphatic carbocycles. The summed E-state index contributed by atoms with van der Waals surface area (Å²) in [6, 6.07) is 10.6. The van der Waals surface area contributed by atoms with Gasteiger partial charge in [-0.05, 0) is 45.4 Å². The SMILES string of the molecule is CC(CNC(C)(C)C)CSc1ccccc1. The molecule has 0 aromatic heterocycles. The number of hydrogen-bond donors (Lipinski definition) is 1. The molecule has 0 bridgehead atoms. The topological polar surface area (TPSA) is 12.0 Å². The third-order valence-electron chi connectivity index (χ3n) is 2.26. The second-order valence-corrected chi connectivity index (χ2v) is 6.45. The van der Waals surface area contributed by atoms with E-state index in [0.717, 1.165) is 6.54 Å². The van der Waals surface area contributed by atoms with E-state index < -0.39 is 0 Å². The Morgan fingerprint density at radius 2 is 1.81 bits per heavy atom. The van der Waals surface area contributed by atoms with Crippen LogP contribution in [0.2, 0.25) is 0 Å². The van der Waals surface area contributed by atoms with E-state index in [9.17, 15) is 0 Å². The lowest BCUT2D eigenvalue weighted by atomic mass is 10.1. The molecule has 1 aromatic carbocycles. The van der Waals surface area contributed by atoms with Crippen molar-refractivity contribution in [2.45, 2.75) is 38.1 Å². The molecule has 1 unspecified atom stereocenters. The van der Waals surface area contributed by atoms with Crippen molar-refractivity contribution in [1.29, 1.82) is 0 Å². The highest BCUT2D eigenvalue weighted by molar-refractivity contribution is 7.99. The predicted molar refractivity (Wildman–Crippen MR) is 74.1 cm³/mol. The van der Waals surface area contributed by atoms with Gasteiger partial charge in [-0.15, -0.1) is 11.8 Å². The van der Waals surface area contributed by atoms with Gasteiger partial charge in [-0.2, -0.15) is 0 Å². The fraction of sp³-hybridized carbons (Fsp3) is 0.571. The van der Waals surface area contributed by atoms with Crippen LogP contribution in [0.1, 0.15) is 27.7 Å². The molecule has 1 atom stereocenters. The largest absolute Gasteiger partial charge is 0.312 e. The van der Waals surface area contributed by atoms with Crippen LogP contribution in [0.15, 0.2) is 35.2 Å². The maximum absolute atomic E-state index is 3.54. The minimum atomic E-state index is 0.228. The summed E-state index contributed by atoms with van der Waals surface area (Å²) in [5, 5.41) is 3.54. The van der Waals surface area contributed by atoms with E-state index in [2.05, 4.69) is 63.3 Å². The van der Waals surface area contributed by atoms with Gasteiger partial charge in [0.1, 0.15) is 0 Å². The van der Waals surface area contributed by atoms with E-state index in [1.807, 2.05) is 11.8 Å². The van der Waals surface area contributed by atoms with E-state index in [0.29, 0.717) is 5.92 Å². The smallest absolute Gasteiger partial charge is 0.00966 e. The van der Waals surface area contributed by atoms with Gasteiger partial charge in [0.2, 0.25) is 0 Å². The lowest BCUT2D eigenvalue weighted by Gasteiger charge is -2.23. The summed E-state index contributed by atoms with van der Waals surface area (Å²) in [5.41, 5.74) is 0.228. The van der Waals surface area contributed by atoms with E-state index in [4.69, 9.17) is 0 Å². The molecule has 1 nitrogen and oxygen atoms in total. The summed E-state index contributed by atoms with van der Waals surface area (Å²) in [4.78, 5) is 1.37. The van der Waals surface area contributed by atoms with E-state index in [1.54, 1.807) is 0 Å². The molecule has 0 radical (unpaired) electrons. The number of benzene rings is 1. The molecule has 0 saturated carbocycles. The van der Waals surface area contributed by atoms with Gasteiger partial charge in [-0.1, -0.05) is 25.1 Å². The van der Waals surface area contributed by atoms with Crippen molar-refractivity contribution in [1.82, 2.24) is 5.32 Å². The highest BCUT2D eigenvalue weighted by Crippen LogP contribution is 2.19. The Morgan fingerprint density at radius 3 is 2.38 bits per heavy atom. The average Bonchev–Trinajstić information content (AvgIpc) is 2.24. The Hall–Kier alpha value is -0.470. The molecule has 2 heteroatoms. The monoisotopic (exact) mass is 237 g/mol. The second-order valence-electron chi connectivity index (χ2n) is 5.36. The van der Waals surface area contributed by atoms with Crippen LogP contribution in [0.3, 0.4) is 0 Å². The first-order valence-electron chi connectivity index (χ1n) is 5.90. The third-order valence-corrected chi connectivity index (χ3v) is 3.60. The van der Waals surface area contributed by atoms with Gasteiger partial charge < -0.3 is 5.32 Å². The van der Waals surface area contributed by atoms with Gasteiger partial charge in [-0.3, -0.25) is 0 Å².